The van der Waals surface area contributed by atoms with E-state index in [2.05, 4.69) is 13.7 Å². The van der Waals surface area contributed by atoms with Crippen LogP contribution in [-0.2, 0) is 0 Å². The van der Waals surface area contributed by atoms with E-state index in [-0.39, 0.29) is 0 Å². The van der Waals surface area contributed by atoms with Gasteiger partial charge < -0.3 is 0 Å². The molecule has 1 saturated carbocycles. The van der Waals surface area contributed by atoms with Crippen LogP contribution in [0.15, 0.2) is 0 Å². The minimum Gasteiger partial charge on any atom is -0.0859 e. The smallest absolute Gasteiger partial charge is 0.0859 e. The van der Waals surface area contributed by atoms with Crippen LogP contribution in [-0.4, -0.2) is 6.71 Å². The fraction of sp³-hybridized carbons (Fsp3) is 1.00. The maximum Gasteiger partial charge on any atom is 0.140 e. The van der Waals surface area contributed by atoms with Crippen LogP contribution < -0.4 is 0 Å². The van der Waals surface area contributed by atoms with Gasteiger partial charge in [0.05, 0.1) is 0 Å². The van der Waals surface area contributed by atoms with Gasteiger partial charge in [-0.1, -0.05) is 51.6 Å². The maximum atomic E-state index is 2.47. The molecule has 1 aliphatic heterocycles. The third-order valence-corrected chi connectivity index (χ3v) is 4.22. The van der Waals surface area contributed by atoms with E-state index in [1.54, 1.807) is 6.42 Å². The van der Waals surface area contributed by atoms with E-state index in [4.69, 9.17) is 0 Å². The van der Waals surface area contributed by atoms with Crippen LogP contribution in [0.5, 0.6) is 0 Å². The molecule has 0 aromatic carbocycles. The Morgan fingerprint density at radius 1 is 1.18 bits per heavy atom. The van der Waals surface area contributed by atoms with E-state index in [0.717, 1.165) is 24.4 Å². The predicted octanol–water partition coefficient (Wildman–Crippen LogP) is 3.32. The van der Waals surface area contributed by atoms with Gasteiger partial charge in [0.25, 0.3) is 0 Å². The average Bonchev–Trinajstić information content (AvgIpc) is 2.30. The zero-order valence-electron chi connectivity index (χ0n) is 7.84. The Balaban J connectivity index is 2.05. The molecule has 0 spiro atoms. The molecule has 0 radical (unpaired) electrons. The normalized spacial score (nSPS) is 44.2. The summed E-state index contributed by atoms with van der Waals surface area (Å²) in [4.78, 5) is 0. The Bertz CT molecular complexity index is 144. The van der Waals surface area contributed by atoms with Gasteiger partial charge in [-0.15, -0.1) is 0 Å². The Morgan fingerprint density at radius 2 is 1.91 bits per heavy atom. The van der Waals surface area contributed by atoms with E-state index in [1.165, 1.54) is 25.6 Å². The molecule has 0 N–H and O–H groups in total. The summed E-state index contributed by atoms with van der Waals surface area (Å²) in [5.74, 6) is 3.26. The first kappa shape index (κ1) is 7.70. The lowest BCUT2D eigenvalue weighted by Crippen LogP contribution is -2.15. The Labute approximate surface area is 70.8 Å². The molecule has 62 valence electrons. The van der Waals surface area contributed by atoms with E-state index in [1.807, 2.05) is 0 Å². The molecular formula is C10H19B. The molecular weight excluding hydrogens is 131 g/mol. The highest BCUT2D eigenvalue weighted by Gasteiger charge is 2.40. The highest BCUT2D eigenvalue weighted by Crippen LogP contribution is 2.48. The first-order valence-corrected chi connectivity index (χ1v) is 5.29. The topological polar surface area (TPSA) is 0 Å². The summed E-state index contributed by atoms with van der Waals surface area (Å²) in [7, 11) is 0. The summed E-state index contributed by atoms with van der Waals surface area (Å²) < 4.78 is 0. The van der Waals surface area contributed by atoms with Crippen LogP contribution in [0.3, 0.4) is 0 Å². The van der Waals surface area contributed by atoms with Gasteiger partial charge in [0, 0.05) is 0 Å². The van der Waals surface area contributed by atoms with Gasteiger partial charge >= 0.3 is 0 Å². The number of fused-ring (bicyclic) bond motifs is 1. The lowest BCUT2D eigenvalue weighted by atomic mass is 9.44. The number of hydrogen-bond acceptors (Lipinski definition) is 0. The Hall–Kier alpha value is 0.0649. The van der Waals surface area contributed by atoms with Crippen molar-refractivity contribution in [1.29, 1.82) is 0 Å². The lowest BCUT2D eigenvalue weighted by molar-refractivity contribution is 0.270. The molecule has 11 heavy (non-hydrogen) atoms. The van der Waals surface area contributed by atoms with Crippen LogP contribution in [0.25, 0.3) is 0 Å². The second-order valence-electron chi connectivity index (χ2n) is 4.78. The molecule has 2 rings (SSSR count). The quantitative estimate of drug-likeness (QED) is 0.464. The Morgan fingerprint density at radius 3 is 2.64 bits per heavy atom. The van der Waals surface area contributed by atoms with Crippen molar-refractivity contribution >= 4 is 6.71 Å². The summed E-state index contributed by atoms with van der Waals surface area (Å²) in [5, 5.41) is 0. The molecule has 2 fully saturated rings. The van der Waals surface area contributed by atoms with Gasteiger partial charge in [0.2, 0.25) is 0 Å². The molecule has 2 aliphatic rings. The van der Waals surface area contributed by atoms with E-state index >= 15 is 0 Å². The fourth-order valence-electron chi connectivity index (χ4n) is 3.34. The SMILES string of the molecule is CB1CC2CCCCC2C1C. The second-order valence-corrected chi connectivity index (χ2v) is 4.78. The van der Waals surface area contributed by atoms with Crippen molar-refractivity contribution in [3.05, 3.63) is 0 Å². The van der Waals surface area contributed by atoms with Crippen molar-refractivity contribution < 1.29 is 0 Å². The molecule has 0 amide bonds. The van der Waals surface area contributed by atoms with Crippen molar-refractivity contribution in [2.45, 2.75) is 51.6 Å². The third-order valence-electron chi connectivity index (χ3n) is 4.22. The molecule has 3 unspecified atom stereocenters. The fourth-order valence-corrected chi connectivity index (χ4v) is 3.34. The molecule has 1 saturated heterocycles. The van der Waals surface area contributed by atoms with E-state index in [0.29, 0.717) is 0 Å². The summed E-state index contributed by atoms with van der Waals surface area (Å²) in [6, 6.07) is 0. The van der Waals surface area contributed by atoms with Gasteiger partial charge in [-0.25, -0.2) is 0 Å². The van der Waals surface area contributed by atoms with Crippen LogP contribution in [0.2, 0.25) is 19.0 Å². The monoisotopic (exact) mass is 150 g/mol. The second kappa shape index (κ2) is 2.84. The number of rotatable bonds is 0. The number of hydrogen-bond donors (Lipinski definition) is 0. The van der Waals surface area contributed by atoms with E-state index in [9.17, 15) is 0 Å². The van der Waals surface area contributed by atoms with Crippen molar-refractivity contribution in [2.24, 2.45) is 11.8 Å². The summed E-state index contributed by atoms with van der Waals surface area (Å²) in [6.07, 6.45) is 7.64. The third kappa shape index (κ3) is 1.23. The van der Waals surface area contributed by atoms with Gasteiger partial charge in [-0.2, -0.15) is 0 Å². The van der Waals surface area contributed by atoms with Crippen LogP contribution in [0.1, 0.15) is 32.6 Å². The summed E-state index contributed by atoms with van der Waals surface area (Å²) in [5.41, 5.74) is 0. The zero-order valence-corrected chi connectivity index (χ0v) is 7.84. The van der Waals surface area contributed by atoms with Crippen LogP contribution >= 0.6 is 0 Å². The van der Waals surface area contributed by atoms with Crippen molar-refractivity contribution in [1.82, 2.24) is 0 Å². The van der Waals surface area contributed by atoms with Crippen molar-refractivity contribution in [3.8, 4) is 0 Å². The van der Waals surface area contributed by atoms with Crippen molar-refractivity contribution in [2.75, 3.05) is 0 Å². The summed E-state index contributed by atoms with van der Waals surface area (Å²) >= 11 is 0. The highest BCUT2D eigenvalue weighted by molar-refractivity contribution is 6.59. The standard InChI is InChI=1S/C10H19B/c1-8-10-6-4-3-5-9(10)7-11(8)2/h8-10H,3-7H2,1-2H3. The predicted molar refractivity (Wildman–Crippen MR) is 51.3 cm³/mol. The molecule has 0 bridgehead atoms. The highest BCUT2D eigenvalue weighted by atomic mass is 14.3. The molecule has 0 aromatic rings. The molecule has 1 aliphatic carbocycles. The molecule has 1 heterocycles. The lowest BCUT2D eigenvalue weighted by Gasteiger charge is -2.28. The van der Waals surface area contributed by atoms with Gasteiger partial charge in [-0.3, -0.25) is 0 Å². The molecule has 3 atom stereocenters. The van der Waals surface area contributed by atoms with Crippen LogP contribution in [0.4, 0.5) is 0 Å². The summed E-state index contributed by atoms with van der Waals surface area (Å²) in [6.45, 7) is 5.94. The molecule has 1 heteroatoms. The maximum absolute atomic E-state index is 2.47. The first-order chi connectivity index (χ1) is 5.29. The largest absolute Gasteiger partial charge is 0.140 e. The van der Waals surface area contributed by atoms with Crippen molar-refractivity contribution in [3.63, 3.8) is 0 Å². The van der Waals surface area contributed by atoms with Gasteiger partial charge in [0.15, 0.2) is 0 Å². The van der Waals surface area contributed by atoms with Crippen LogP contribution in [0, 0.1) is 11.8 Å². The van der Waals surface area contributed by atoms with Gasteiger partial charge in [-0.05, 0) is 11.8 Å². The van der Waals surface area contributed by atoms with E-state index < -0.39 is 0 Å². The minimum atomic E-state index is 1.02. The molecule has 0 nitrogen and oxygen atoms in total. The average molecular weight is 150 g/mol. The first-order valence-electron chi connectivity index (χ1n) is 5.29. The minimum absolute atomic E-state index is 1.02. The Kier molecular flexibility index (Phi) is 1.99. The van der Waals surface area contributed by atoms with Gasteiger partial charge in [0.1, 0.15) is 6.71 Å². The molecule has 0 aromatic heterocycles. The zero-order chi connectivity index (χ0) is 7.84.